The van der Waals surface area contributed by atoms with Crippen LogP contribution in [0.25, 0.3) is 22.2 Å². The van der Waals surface area contributed by atoms with Crippen LogP contribution < -0.4 is 10.1 Å². The van der Waals surface area contributed by atoms with Crippen LogP contribution in [0.5, 0.6) is 5.75 Å². The van der Waals surface area contributed by atoms with Gasteiger partial charge in [-0.15, -0.1) is 0 Å². The van der Waals surface area contributed by atoms with E-state index in [1.807, 2.05) is 48.5 Å². The highest BCUT2D eigenvalue weighted by molar-refractivity contribution is 6.01. The number of fused-ring (bicyclic) bond motifs is 3. The molecule has 0 aliphatic carbocycles. The van der Waals surface area contributed by atoms with Crippen molar-refractivity contribution < 1.29 is 14.3 Å². The van der Waals surface area contributed by atoms with E-state index in [9.17, 15) is 4.79 Å². The number of nitrogens with one attached hydrogen (secondary N) is 2. The van der Waals surface area contributed by atoms with E-state index in [1.54, 1.807) is 6.20 Å². The molecule has 2 bridgehead atoms. The number of carbonyl (C=O) groups excluding carboxylic acids is 1. The summed E-state index contributed by atoms with van der Waals surface area (Å²) in [7, 11) is 0. The first-order chi connectivity index (χ1) is 21.1. The summed E-state index contributed by atoms with van der Waals surface area (Å²) in [5.41, 5.74) is 4.21. The molecule has 2 aromatic carbocycles. The van der Waals surface area contributed by atoms with Gasteiger partial charge in [0, 0.05) is 34.8 Å². The minimum Gasteiger partial charge on any atom is -0.490 e. The molecule has 0 spiro atoms. The van der Waals surface area contributed by atoms with E-state index in [0.717, 1.165) is 72.5 Å². The predicted octanol–water partition coefficient (Wildman–Crippen LogP) is 6.31. The fourth-order valence-electron chi connectivity index (χ4n) is 7.49. The number of H-pyrrole nitrogens is 1. The third-order valence-electron chi connectivity index (χ3n) is 9.86. The van der Waals surface area contributed by atoms with Crippen LogP contribution in [0.2, 0.25) is 0 Å². The number of ether oxygens (including phenoxy) is 2. The standard InChI is InChI=1S/C35H41N5O3/c1-3-22(4-2)34(32-7-5-6-16-36-32)37-35(41)24-10-15-31-30(17-24)33(39-38-31)23-8-13-28(14-9-23)43-29-18-25-11-12-26(19-29)40(25)27-20-42-21-27/h5-10,13-17,22,25-27,29,34H,3-4,11-12,18-21H2,1-2H3,(H,37,41)(H,38,39)/t25-,26+,29+,34?. The Kier molecular flexibility index (Phi) is 7.89. The molecule has 5 heterocycles. The summed E-state index contributed by atoms with van der Waals surface area (Å²) in [6, 6.07) is 21.5. The van der Waals surface area contributed by atoms with Crippen molar-refractivity contribution in [1.82, 2.24) is 25.4 Å². The van der Waals surface area contributed by atoms with Gasteiger partial charge < -0.3 is 14.8 Å². The molecule has 0 radical (unpaired) electrons. The third-order valence-corrected chi connectivity index (χ3v) is 9.86. The highest BCUT2D eigenvalue weighted by Gasteiger charge is 2.46. The van der Waals surface area contributed by atoms with E-state index in [0.29, 0.717) is 29.6 Å². The van der Waals surface area contributed by atoms with Crippen molar-refractivity contribution >= 4 is 16.8 Å². The van der Waals surface area contributed by atoms with Gasteiger partial charge in [0.1, 0.15) is 11.9 Å². The fraction of sp³-hybridized carbons (Fsp3) is 0.457. The number of rotatable bonds is 10. The minimum atomic E-state index is -0.148. The van der Waals surface area contributed by atoms with Gasteiger partial charge >= 0.3 is 0 Å². The quantitative estimate of drug-likeness (QED) is 0.229. The average molecular weight is 580 g/mol. The van der Waals surface area contributed by atoms with Crippen molar-refractivity contribution in [2.45, 2.75) is 82.6 Å². The molecule has 4 atom stereocenters. The molecule has 43 heavy (non-hydrogen) atoms. The highest BCUT2D eigenvalue weighted by atomic mass is 16.5. The molecule has 1 amide bonds. The van der Waals surface area contributed by atoms with Gasteiger partial charge in [-0.3, -0.25) is 19.8 Å². The largest absolute Gasteiger partial charge is 0.490 e. The van der Waals surface area contributed by atoms with Crippen molar-refractivity contribution in [1.29, 1.82) is 0 Å². The second-order valence-corrected chi connectivity index (χ2v) is 12.4. The van der Waals surface area contributed by atoms with Gasteiger partial charge in [0.15, 0.2) is 0 Å². The molecule has 7 rings (SSSR count). The minimum absolute atomic E-state index is 0.106. The van der Waals surface area contributed by atoms with E-state index in [1.165, 1.54) is 12.8 Å². The lowest BCUT2D eigenvalue weighted by Crippen LogP contribution is -2.57. The van der Waals surface area contributed by atoms with Gasteiger partial charge in [-0.2, -0.15) is 5.10 Å². The molecule has 1 unspecified atom stereocenters. The van der Waals surface area contributed by atoms with Crippen LogP contribution in [-0.4, -0.2) is 63.4 Å². The summed E-state index contributed by atoms with van der Waals surface area (Å²) in [6.45, 7) is 6.10. The van der Waals surface area contributed by atoms with E-state index in [2.05, 4.69) is 51.4 Å². The average Bonchev–Trinajstić information content (AvgIpc) is 3.54. The number of carbonyl (C=O) groups is 1. The number of aromatic amines is 1. The molecule has 8 heteroatoms. The van der Waals surface area contributed by atoms with Crippen molar-refractivity contribution in [2.75, 3.05) is 13.2 Å². The lowest BCUT2D eigenvalue weighted by Gasteiger charge is -2.46. The smallest absolute Gasteiger partial charge is 0.251 e. The van der Waals surface area contributed by atoms with Crippen molar-refractivity contribution in [2.24, 2.45) is 5.92 Å². The maximum Gasteiger partial charge on any atom is 0.251 e. The Hall–Kier alpha value is -3.75. The molecule has 8 nitrogen and oxygen atoms in total. The first-order valence-corrected chi connectivity index (χ1v) is 15.9. The zero-order chi connectivity index (χ0) is 29.3. The monoisotopic (exact) mass is 579 g/mol. The second-order valence-electron chi connectivity index (χ2n) is 12.4. The molecular weight excluding hydrogens is 538 g/mol. The van der Waals surface area contributed by atoms with Gasteiger partial charge in [0.25, 0.3) is 5.91 Å². The number of benzene rings is 2. The second kappa shape index (κ2) is 12.1. The number of hydrogen-bond acceptors (Lipinski definition) is 6. The van der Waals surface area contributed by atoms with Crippen LogP contribution in [0.15, 0.2) is 66.9 Å². The van der Waals surface area contributed by atoms with Crippen molar-refractivity contribution in [3.63, 3.8) is 0 Å². The molecule has 3 aliphatic heterocycles. The number of aromatic nitrogens is 3. The summed E-state index contributed by atoms with van der Waals surface area (Å²) in [4.78, 5) is 20.8. The highest BCUT2D eigenvalue weighted by Crippen LogP contribution is 2.40. The number of hydrogen-bond donors (Lipinski definition) is 2. The van der Waals surface area contributed by atoms with Gasteiger partial charge in [-0.25, -0.2) is 0 Å². The molecule has 4 aromatic rings. The molecule has 3 fully saturated rings. The van der Waals surface area contributed by atoms with Crippen molar-refractivity contribution in [3.8, 4) is 17.0 Å². The summed E-state index contributed by atoms with van der Waals surface area (Å²) in [5, 5.41) is 12.0. The van der Waals surface area contributed by atoms with E-state index in [4.69, 9.17) is 9.47 Å². The first-order valence-electron chi connectivity index (χ1n) is 15.9. The SMILES string of the molecule is CCC(CC)C(NC(=O)c1ccc2[nH]nc(-c3ccc(O[C@H]4C[C@H]5CC[C@@H](C4)N5C4COC4)cc3)c2c1)c1ccccn1. The predicted molar refractivity (Wildman–Crippen MR) is 167 cm³/mol. The van der Waals surface area contributed by atoms with Crippen LogP contribution >= 0.6 is 0 Å². The van der Waals surface area contributed by atoms with Crippen LogP contribution in [-0.2, 0) is 4.74 Å². The molecule has 2 aromatic heterocycles. The summed E-state index contributed by atoms with van der Waals surface area (Å²) in [5.74, 6) is 1.09. The summed E-state index contributed by atoms with van der Waals surface area (Å²) >= 11 is 0. The zero-order valence-corrected chi connectivity index (χ0v) is 25.0. The Morgan fingerprint density at radius 2 is 1.79 bits per heavy atom. The maximum atomic E-state index is 13.5. The molecule has 0 saturated carbocycles. The molecule has 3 aliphatic rings. The number of pyridine rings is 1. The zero-order valence-electron chi connectivity index (χ0n) is 25.0. The maximum absolute atomic E-state index is 13.5. The van der Waals surface area contributed by atoms with Crippen LogP contribution in [0, 0.1) is 5.92 Å². The Balaban J connectivity index is 1.06. The Bertz CT molecular complexity index is 1530. The normalized spacial score (nSPS) is 22.9. The molecule has 3 saturated heterocycles. The Morgan fingerprint density at radius 1 is 1.02 bits per heavy atom. The summed E-state index contributed by atoms with van der Waals surface area (Å²) in [6.07, 6.45) is 8.67. The lowest BCUT2D eigenvalue weighted by molar-refractivity contribution is -0.102. The molecule has 2 N–H and O–H groups in total. The third kappa shape index (κ3) is 5.54. The number of amides is 1. The van der Waals surface area contributed by atoms with Crippen molar-refractivity contribution in [3.05, 3.63) is 78.1 Å². The van der Waals surface area contributed by atoms with E-state index in [-0.39, 0.29) is 18.1 Å². The first kappa shape index (κ1) is 28.0. The van der Waals surface area contributed by atoms with Crippen LogP contribution in [0.3, 0.4) is 0 Å². The number of nitrogens with zero attached hydrogens (tertiary/aromatic N) is 3. The molecular formula is C35H41N5O3. The number of piperidine rings is 1. The van der Waals surface area contributed by atoms with Gasteiger partial charge in [0.2, 0.25) is 0 Å². The van der Waals surface area contributed by atoms with E-state index < -0.39 is 0 Å². The van der Waals surface area contributed by atoms with Crippen LogP contribution in [0.1, 0.15) is 74.5 Å². The Morgan fingerprint density at radius 3 is 2.44 bits per heavy atom. The van der Waals surface area contributed by atoms with Gasteiger partial charge in [-0.1, -0.05) is 32.8 Å². The molecule has 224 valence electrons. The Labute approximate surface area is 253 Å². The van der Waals surface area contributed by atoms with Gasteiger partial charge in [-0.05, 0) is 86.2 Å². The van der Waals surface area contributed by atoms with Crippen LogP contribution in [0.4, 0.5) is 0 Å². The topological polar surface area (TPSA) is 92.4 Å². The fourth-order valence-corrected chi connectivity index (χ4v) is 7.49. The van der Waals surface area contributed by atoms with Gasteiger partial charge in [0.05, 0.1) is 42.2 Å². The van der Waals surface area contributed by atoms with E-state index >= 15 is 0 Å². The lowest BCUT2D eigenvalue weighted by atomic mass is 9.91. The summed E-state index contributed by atoms with van der Waals surface area (Å²) < 4.78 is 12.0.